The SMILES string of the molecule is Cc1c(CNS(=O)(=O)C(C)CNC(C)C)cnn1C. The number of aromatic nitrogens is 2. The molecule has 0 fully saturated rings. The summed E-state index contributed by atoms with van der Waals surface area (Å²) in [6.45, 7) is 8.33. The highest BCUT2D eigenvalue weighted by Gasteiger charge is 2.20. The van der Waals surface area contributed by atoms with Crippen LogP contribution >= 0.6 is 0 Å². The van der Waals surface area contributed by atoms with E-state index in [9.17, 15) is 8.42 Å². The Hall–Kier alpha value is -0.920. The lowest BCUT2D eigenvalue weighted by atomic mass is 10.3. The van der Waals surface area contributed by atoms with E-state index in [0.29, 0.717) is 6.54 Å². The molecule has 1 heterocycles. The van der Waals surface area contributed by atoms with Crippen molar-refractivity contribution in [1.29, 1.82) is 0 Å². The van der Waals surface area contributed by atoms with Gasteiger partial charge in [0.25, 0.3) is 0 Å². The van der Waals surface area contributed by atoms with Gasteiger partial charge in [0.05, 0.1) is 11.4 Å². The van der Waals surface area contributed by atoms with E-state index in [1.165, 1.54) is 0 Å². The van der Waals surface area contributed by atoms with Crippen molar-refractivity contribution in [3.05, 3.63) is 17.5 Å². The van der Waals surface area contributed by atoms with E-state index in [2.05, 4.69) is 15.1 Å². The molecule has 0 aliphatic heterocycles. The maximum absolute atomic E-state index is 12.1. The van der Waals surface area contributed by atoms with Crippen molar-refractivity contribution in [2.75, 3.05) is 6.54 Å². The van der Waals surface area contributed by atoms with Gasteiger partial charge in [0.1, 0.15) is 0 Å². The van der Waals surface area contributed by atoms with Crippen molar-refractivity contribution in [3.8, 4) is 0 Å². The fourth-order valence-electron chi connectivity index (χ4n) is 1.55. The topological polar surface area (TPSA) is 76.0 Å². The van der Waals surface area contributed by atoms with Gasteiger partial charge in [0, 0.05) is 37.4 Å². The Morgan fingerprint density at radius 1 is 1.37 bits per heavy atom. The zero-order valence-electron chi connectivity index (χ0n) is 12.3. The predicted octanol–water partition coefficient (Wildman–Crippen LogP) is 0.534. The van der Waals surface area contributed by atoms with Crippen molar-refractivity contribution in [3.63, 3.8) is 0 Å². The van der Waals surface area contributed by atoms with Crippen LogP contribution in [-0.4, -0.2) is 36.0 Å². The Balaban J connectivity index is 2.57. The molecule has 0 saturated carbocycles. The van der Waals surface area contributed by atoms with Gasteiger partial charge in [-0.1, -0.05) is 13.8 Å². The van der Waals surface area contributed by atoms with Crippen LogP contribution in [0, 0.1) is 6.92 Å². The van der Waals surface area contributed by atoms with E-state index in [1.54, 1.807) is 17.8 Å². The summed E-state index contributed by atoms with van der Waals surface area (Å²) >= 11 is 0. The molecule has 110 valence electrons. The third-order valence-corrected chi connectivity index (χ3v) is 4.92. The van der Waals surface area contributed by atoms with Gasteiger partial charge >= 0.3 is 0 Å². The number of nitrogens with zero attached hydrogens (tertiary/aromatic N) is 2. The first-order valence-electron chi connectivity index (χ1n) is 6.43. The molecule has 1 aromatic rings. The molecule has 0 aliphatic carbocycles. The highest BCUT2D eigenvalue weighted by molar-refractivity contribution is 7.90. The van der Waals surface area contributed by atoms with Crippen LogP contribution < -0.4 is 10.0 Å². The molecule has 1 atom stereocenters. The zero-order valence-corrected chi connectivity index (χ0v) is 13.1. The smallest absolute Gasteiger partial charge is 0.215 e. The van der Waals surface area contributed by atoms with Crippen molar-refractivity contribution in [2.24, 2.45) is 7.05 Å². The molecule has 6 nitrogen and oxygen atoms in total. The number of sulfonamides is 1. The van der Waals surface area contributed by atoms with Crippen LogP contribution in [0.2, 0.25) is 0 Å². The minimum absolute atomic E-state index is 0.276. The lowest BCUT2D eigenvalue weighted by Gasteiger charge is -2.16. The van der Waals surface area contributed by atoms with Gasteiger partial charge in [0.2, 0.25) is 10.0 Å². The Bertz CT molecular complexity index is 508. The Morgan fingerprint density at radius 2 is 2.00 bits per heavy atom. The molecule has 0 saturated heterocycles. The minimum Gasteiger partial charge on any atom is -0.313 e. The van der Waals surface area contributed by atoms with Gasteiger partial charge in [-0.3, -0.25) is 4.68 Å². The molecule has 0 amide bonds. The zero-order chi connectivity index (χ0) is 14.6. The average Bonchev–Trinajstić information content (AvgIpc) is 2.64. The van der Waals surface area contributed by atoms with Crippen LogP contribution in [0.15, 0.2) is 6.20 Å². The Kier molecular flexibility index (Phi) is 5.51. The lowest BCUT2D eigenvalue weighted by Crippen LogP contribution is -2.40. The van der Waals surface area contributed by atoms with Gasteiger partial charge in [-0.05, 0) is 13.8 Å². The van der Waals surface area contributed by atoms with Gasteiger partial charge in [-0.2, -0.15) is 5.10 Å². The van der Waals surface area contributed by atoms with Gasteiger partial charge in [-0.25, -0.2) is 13.1 Å². The molecule has 19 heavy (non-hydrogen) atoms. The van der Waals surface area contributed by atoms with Gasteiger partial charge < -0.3 is 5.32 Å². The summed E-state index contributed by atoms with van der Waals surface area (Å²) in [5, 5.41) is 6.75. The maximum Gasteiger partial charge on any atom is 0.215 e. The van der Waals surface area contributed by atoms with Crippen LogP contribution in [0.4, 0.5) is 0 Å². The summed E-state index contributed by atoms with van der Waals surface area (Å²) in [7, 11) is -1.48. The first-order chi connectivity index (χ1) is 8.74. The van der Waals surface area contributed by atoms with Crippen molar-refractivity contribution < 1.29 is 8.42 Å². The second-order valence-electron chi connectivity index (χ2n) is 5.12. The van der Waals surface area contributed by atoms with Crippen molar-refractivity contribution >= 4 is 10.0 Å². The Labute approximate surface area is 115 Å². The fourth-order valence-corrected chi connectivity index (χ4v) is 2.51. The molecule has 0 aliphatic rings. The molecule has 0 aromatic carbocycles. The quantitative estimate of drug-likeness (QED) is 0.767. The summed E-state index contributed by atoms with van der Waals surface area (Å²) in [5.41, 5.74) is 1.87. The number of nitrogens with one attached hydrogen (secondary N) is 2. The molecular weight excluding hydrogens is 264 g/mol. The lowest BCUT2D eigenvalue weighted by molar-refractivity contribution is 0.540. The van der Waals surface area contributed by atoms with E-state index < -0.39 is 15.3 Å². The second-order valence-corrected chi connectivity index (χ2v) is 7.30. The first kappa shape index (κ1) is 16.1. The number of hydrogen-bond donors (Lipinski definition) is 2. The number of hydrogen-bond acceptors (Lipinski definition) is 4. The number of aryl methyl sites for hydroxylation is 1. The third-order valence-electron chi connectivity index (χ3n) is 3.14. The van der Waals surface area contributed by atoms with E-state index in [-0.39, 0.29) is 12.6 Å². The van der Waals surface area contributed by atoms with Gasteiger partial charge in [-0.15, -0.1) is 0 Å². The molecule has 1 unspecified atom stereocenters. The van der Waals surface area contributed by atoms with Crippen LogP contribution in [-0.2, 0) is 23.6 Å². The molecule has 7 heteroatoms. The summed E-state index contributed by atoms with van der Waals surface area (Å²) in [6, 6.07) is 0.276. The van der Waals surface area contributed by atoms with E-state index in [4.69, 9.17) is 0 Å². The maximum atomic E-state index is 12.1. The van der Waals surface area contributed by atoms with Gasteiger partial charge in [0.15, 0.2) is 0 Å². The van der Waals surface area contributed by atoms with E-state index >= 15 is 0 Å². The van der Waals surface area contributed by atoms with Crippen LogP contribution in [0.1, 0.15) is 32.0 Å². The molecule has 2 N–H and O–H groups in total. The van der Waals surface area contributed by atoms with Crippen LogP contribution in [0.3, 0.4) is 0 Å². The molecule has 0 bridgehead atoms. The van der Waals surface area contributed by atoms with E-state index in [1.807, 2.05) is 27.8 Å². The molecule has 0 radical (unpaired) electrons. The van der Waals surface area contributed by atoms with Crippen molar-refractivity contribution in [1.82, 2.24) is 19.8 Å². The predicted molar refractivity (Wildman–Crippen MR) is 76.3 cm³/mol. The third kappa shape index (κ3) is 4.59. The Morgan fingerprint density at radius 3 is 2.47 bits per heavy atom. The van der Waals surface area contributed by atoms with Crippen LogP contribution in [0.5, 0.6) is 0 Å². The summed E-state index contributed by atoms with van der Waals surface area (Å²) in [6.07, 6.45) is 1.69. The number of rotatable bonds is 7. The first-order valence-corrected chi connectivity index (χ1v) is 7.98. The average molecular weight is 288 g/mol. The molecular formula is C12H24N4O2S. The monoisotopic (exact) mass is 288 g/mol. The van der Waals surface area contributed by atoms with Crippen molar-refractivity contribution in [2.45, 2.75) is 45.5 Å². The highest BCUT2D eigenvalue weighted by atomic mass is 32.2. The highest BCUT2D eigenvalue weighted by Crippen LogP contribution is 2.07. The second kappa shape index (κ2) is 6.49. The molecule has 1 aromatic heterocycles. The normalized spacial score (nSPS) is 14.0. The fraction of sp³-hybridized carbons (Fsp3) is 0.750. The minimum atomic E-state index is -3.31. The standard InChI is InChI=1S/C12H24N4O2S/c1-9(2)13-6-10(3)19(17,18)15-8-12-7-14-16(5)11(12)4/h7,9-10,13,15H,6,8H2,1-5H3. The summed E-state index contributed by atoms with van der Waals surface area (Å²) in [4.78, 5) is 0. The van der Waals surface area contributed by atoms with E-state index in [0.717, 1.165) is 11.3 Å². The van der Waals surface area contributed by atoms with Crippen LogP contribution in [0.25, 0.3) is 0 Å². The molecule has 0 spiro atoms. The largest absolute Gasteiger partial charge is 0.313 e. The molecule has 1 rings (SSSR count). The summed E-state index contributed by atoms with van der Waals surface area (Å²) in [5.74, 6) is 0. The summed E-state index contributed by atoms with van der Waals surface area (Å²) < 4.78 is 28.5.